The fourth-order valence-electron chi connectivity index (χ4n) is 2.61. The van der Waals surface area contributed by atoms with E-state index in [1.165, 1.54) is 4.88 Å². The lowest BCUT2D eigenvalue weighted by atomic mass is 10.0. The van der Waals surface area contributed by atoms with Gasteiger partial charge in [-0.3, -0.25) is 4.90 Å². The van der Waals surface area contributed by atoms with Crippen LogP contribution in [0.1, 0.15) is 30.7 Å². The highest BCUT2D eigenvalue weighted by molar-refractivity contribution is 7.10. The van der Waals surface area contributed by atoms with Crippen molar-refractivity contribution in [2.75, 3.05) is 19.7 Å². The Balaban J connectivity index is 2.11. The van der Waals surface area contributed by atoms with Gasteiger partial charge < -0.3 is 10.8 Å². The van der Waals surface area contributed by atoms with E-state index in [4.69, 9.17) is 5.73 Å². The van der Waals surface area contributed by atoms with Gasteiger partial charge in [0.1, 0.15) is 0 Å². The molecule has 0 aliphatic carbocycles. The summed E-state index contributed by atoms with van der Waals surface area (Å²) in [7, 11) is 0. The first-order valence-corrected chi connectivity index (χ1v) is 7.28. The van der Waals surface area contributed by atoms with Crippen molar-refractivity contribution in [3.8, 4) is 0 Å². The zero-order valence-corrected chi connectivity index (χ0v) is 11.2. The number of hydrogen-bond donors (Lipinski definition) is 2. The second-order valence-electron chi connectivity index (χ2n) is 4.86. The molecule has 0 radical (unpaired) electrons. The van der Waals surface area contributed by atoms with Gasteiger partial charge in [-0.25, -0.2) is 0 Å². The SMILES string of the molecule is CCC(N)C(c1cccs1)N1CCC(CO)C1. The van der Waals surface area contributed by atoms with Crippen molar-refractivity contribution in [3.63, 3.8) is 0 Å². The molecule has 3 unspecified atom stereocenters. The molecule has 17 heavy (non-hydrogen) atoms. The first-order valence-electron chi connectivity index (χ1n) is 6.40. The minimum atomic E-state index is 0.186. The van der Waals surface area contributed by atoms with Gasteiger partial charge in [0.2, 0.25) is 0 Å². The minimum absolute atomic E-state index is 0.186. The van der Waals surface area contributed by atoms with E-state index in [0.29, 0.717) is 18.6 Å². The van der Waals surface area contributed by atoms with E-state index in [1.807, 2.05) is 0 Å². The average molecular weight is 254 g/mol. The Hall–Kier alpha value is -0.420. The lowest BCUT2D eigenvalue weighted by Crippen LogP contribution is -2.39. The molecule has 1 aromatic heterocycles. The van der Waals surface area contributed by atoms with Crippen LogP contribution in [0.4, 0.5) is 0 Å². The molecule has 0 amide bonds. The van der Waals surface area contributed by atoms with Crippen molar-refractivity contribution in [1.29, 1.82) is 0 Å². The topological polar surface area (TPSA) is 49.5 Å². The van der Waals surface area contributed by atoms with E-state index in [9.17, 15) is 5.11 Å². The summed E-state index contributed by atoms with van der Waals surface area (Å²) in [5.41, 5.74) is 6.28. The first-order chi connectivity index (χ1) is 8.26. The van der Waals surface area contributed by atoms with Gasteiger partial charge in [-0.2, -0.15) is 0 Å². The molecule has 2 rings (SSSR count). The second-order valence-corrected chi connectivity index (χ2v) is 5.84. The van der Waals surface area contributed by atoms with E-state index in [2.05, 4.69) is 29.3 Å². The van der Waals surface area contributed by atoms with Crippen LogP contribution in [0.5, 0.6) is 0 Å². The second kappa shape index (κ2) is 5.96. The zero-order valence-electron chi connectivity index (χ0n) is 10.4. The van der Waals surface area contributed by atoms with E-state index in [-0.39, 0.29) is 6.04 Å². The Kier molecular flexibility index (Phi) is 4.56. The molecule has 0 spiro atoms. The molecule has 1 saturated heterocycles. The number of aliphatic hydroxyl groups is 1. The first kappa shape index (κ1) is 13.0. The number of thiophene rings is 1. The number of likely N-dealkylation sites (tertiary alicyclic amines) is 1. The average Bonchev–Trinajstić information content (AvgIpc) is 3.00. The number of rotatable bonds is 5. The van der Waals surface area contributed by atoms with E-state index < -0.39 is 0 Å². The van der Waals surface area contributed by atoms with E-state index in [0.717, 1.165) is 25.9 Å². The Morgan fingerprint density at radius 1 is 1.65 bits per heavy atom. The molecule has 96 valence electrons. The van der Waals surface area contributed by atoms with Crippen LogP contribution >= 0.6 is 11.3 Å². The van der Waals surface area contributed by atoms with Crippen molar-refractivity contribution in [2.45, 2.75) is 31.8 Å². The Labute approximate surface area is 107 Å². The van der Waals surface area contributed by atoms with Crippen molar-refractivity contribution < 1.29 is 5.11 Å². The van der Waals surface area contributed by atoms with Gasteiger partial charge in [-0.05, 0) is 36.8 Å². The third-order valence-corrected chi connectivity index (χ3v) is 4.62. The van der Waals surface area contributed by atoms with Crippen LogP contribution < -0.4 is 5.73 Å². The molecule has 3 N–H and O–H groups in total. The Bertz CT molecular complexity index is 328. The molecule has 0 saturated carbocycles. The molecule has 3 nitrogen and oxygen atoms in total. The number of aliphatic hydroxyl groups excluding tert-OH is 1. The highest BCUT2D eigenvalue weighted by Crippen LogP contribution is 2.32. The summed E-state index contributed by atoms with van der Waals surface area (Å²) in [5.74, 6) is 0.432. The maximum Gasteiger partial charge on any atom is 0.0593 e. The van der Waals surface area contributed by atoms with Crippen LogP contribution in [0, 0.1) is 5.92 Å². The molecule has 1 aliphatic rings. The number of hydrogen-bond acceptors (Lipinski definition) is 4. The van der Waals surface area contributed by atoms with Crippen molar-refractivity contribution in [2.24, 2.45) is 11.7 Å². The fourth-order valence-corrected chi connectivity index (χ4v) is 3.54. The van der Waals surface area contributed by atoms with Crippen molar-refractivity contribution in [1.82, 2.24) is 4.90 Å². The van der Waals surface area contributed by atoms with Crippen LogP contribution in [0.3, 0.4) is 0 Å². The Morgan fingerprint density at radius 2 is 2.47 bits per heavy atom. The summed E-state index contributed by atoms with van der Waals surface area (Å²) in [6, 6.07) is 4.79. The van der Waals surface area contributed by atoms with Gasteiger partial charge in [-0.1, -0.05) is 13.0 Å². The smallest absolute Gasteiger partial charge is 0.0593 e. The summed E-state index contributed by atoms with van der Waals surface area (Å²) < 4.78 is 0. The number of nitrogens with two attached hydrogens (primary N) is 1. The summed E-state index contributed by atoms with van der Waals surface area (Å²) in [6.07, 6.45) is 2.08. The summed E-state index contributed by atoms with van der Waals surface area (Å²) in [6.45, 7) is 4.48. The molecular formula is C13H22N2OS. The van der Waals surface area contributed by atoms with Crippen LogP contribution in [-0.2, 0) is 0 Å². The summed E-state index contributed by atoms with van der Waals surface area (Å²) in [4.78, 5) is 3.80. The fraction of sp³-hybridized carbons (Fsp3) is 0.692. The van der Waals surface area contributed by atoms with Crippen molar-refractivity contribution in [3.05, 3.63) is 22.4 Å². The van der Waals surface area contributed by atoms with Gasteiger partial charge in [0.15, 0.2) is 0 Å². The third-order valence-electron chi connectivity index (χ3n) is 3.68. The molecule has 0 bridgehead atoms. The monoisotopic (exact) mass is 254 g/mol. The lowest BCUT2D eigenvalue weighted by Gasteiger charge is -2.31. The van der Waals surface area contributed by atoms with Crippen LogP contribution in [0.2, 0.25) is 0 Å². The van der Waals surface area contributed by atoms with Gasteiger partial charge in [0, 0.05) is 24.1 Å². The normalized spacial score (nSPS) is 25.0. The third kappa shape index (κ3) is 2.88. The van der Waals surface area contributed by atoms with E-state index >= 15 is 0 Å². The van der Waals surface area contributed by atoms with Gasteiger partial charge >= 0.3 is 0 Å². The molecule has 1 fully saturated rings. The highest BCUT2D eigenvalue weighted by atomic mass is 32.1. The van der Waals surface area contributed by atoms with Crippen LogP contribution in [0.15, 0.2) is 17.5 Å². The maximum absolute atomic E-state index is 9.24. The van der Waals surface area contributed by atoms with Crippen molar-refractivity contribution >= 4 is 11.3 Å². The highest BCUT2D eigenvalue weighted by Gasteiger charge is 2.32. The predicted octanol–water partition coefficient (Wildman–Crippen LogP) is 1.84. The molecular weight excluding hydrogens is 232 g/mol. The largest absolute Gasteiger partial charge is 0.396 e. The predicted molar refractivity (Wildman–Crippen MR) is 72.1 cm³/mol. The quantitative estimate of drug-likeness (QED) is 0.843. The zero-order chi connectivity index (χ0) is 12.3. The van der Waals surface area contributed by atoms with Crippen LogP contribution in [0.25, 0.3) is 0 Å². The molecule has 0 aromatic carbocycles. The molecule has 2 heterocycles. The standard InChI is InChI=1S/C13H22N2OS/c1-2-11(14)13(12-4-3-7-17-12)15-6-5-10(8-15)9-16/h3-4,7,10-11,13,16H,2,5-6,8-9,14H2,1H3. The van der Waals surface area contributed by atoms with Gasteiger partial charge in [0.25, 0.3) is 0 Å². The molecule has 1 aromatic rings. The summed E-state index contributed by atoms with van der Waals surface area (Å²) >= 11 is 1.79. The molecule has 4 heteroatoms. The number of nitrogens with zero attached hydrogens (tertiary/aromatic N) is 1. The van der Waals surface area contributed by atoms with E-state index in [1.54, 1.807) is 11.3 Å². The lowest BCUT2D eigenvalue weighted by molar-refractivity contribution is 0.182. The molecule has 1 aliphatic heterocycles. The van der Waals surface area contributed by atoms with Gasteiger partial charge in [0.05, 0.1) is 6.04 Å². The van der Waals surface area contributed by atoms with Crippen LogP contribution in [-0.4, -0.2) is 35.7 Å². The maximum atomic E-state index is 9.24. The minimum Gasteiger partial charge on any atom is -0.396 e. The molecule has 3 atom stereocenters. The van der Waals surface area contributed by atoms with Gasteiger partial charge in [-0.15, -0.1) is 11.3 Å². The summed E-state index contributed by atoms with van der Waals surface area (Å²) in [5, 5.41) is 11.4. The Morgan fingerprint density at radius 3 is 3.00 bits per heavy atom.